The van der Waals surface area contributed by atoms with Crippen molar-refractivity contribution < 1.29 is 19.4 Å². The van der Waals surface area contributed by atoms with E-state index in [2.05, 4.69) is 10.6 Å². The molecule has 1 atom stereocenters. The van der Waals surface area contributed by atoms with Crippen molar-refractivity contribution in [2.75, 3.05) is 34.4 Å². The van der Waals surface area contributed by atoms with Gasteiger partial charge in [0.05, 0.1) is 20.3 Å². The summed E-state index contributed by atoms with van der Waals surface area (Å²) in [5, 5.41) is 15.7. The Morgan fingerprint density at radius 1 is 1.35 bits per heavy atom. The maximum atomic E-state index is 11.5. The van der Waals surface area contributed by atoms with E-state index in [4.69, 9.17) is 9.47 Å². The average molecular weight is 282 g/mol. The molecule has 6 nitrogen and oxygen atoms in total. The van der Waals surface area contributed by atoms with Gasteiger partial charge in [-0.25, -0.2) is 0 Å². The molecule has 0 saturated carbocycles. The Balaban J connectivity index is 2.66. The Hall–Kier alpha value is -1.79. The molecule has 1 unspecified atom stereocenters. The van der Waals surface area contributed by atoms with Gasteiger partial charge < -0.3 is 25.2 Å². The van der Waals surface area contributed by atoms with E-state index in [1.165, 1.54) is 7.11 Å². The fourth-order valence-corrected chi connectivity index (χ4v) is 1.75. The minimum atomic E-state index is -0.849. The number of amides is 1. The number of carbonyl (C=O) groups is 1. The summed E-state index contributed by atoms with van der Waals surface area (Å²) >= 11 is 0. The number of benzene rings is 1. The zero-order valence-corrected chi connectivity index (χ0v) is 12.1. The summed E-state index contributed by atoms with van der Waals surface area (Å²) in [6.07, 6.45) is -0.475. The number of carbonyl (C=O) groups excluding carboxylic acids is 1. The van der Waals surface area contributed by atoms with Crippen LogP contribution in [0.1, 0.15) is 18.1 Å². The van der Waals surface area contributed by atoms with E-state index in [0.29, 0.717) is 30.0 Å². The van der Waals surface area contributed by atoms with Crippen LogP contribution in [0.2, 0.25) is 0 Å². The molecule has 0 aromatic heterocycles. The molecule has 3 N–H and O–H groups in total. The van der Waals surface area contributed by atoms with Crippen molar-refractivity contribution in [3.63, 3.8) is 0 Å². The summed E-state index contributed by atoms with van der Waals surface area (Å²) in [5.74, 6) is 1.07. The molecule has 0 aliphatic rings. The van der Waals surface area contributed by atoms with Gasteiger partial charge in [0.2, 0.25) is 5.91 Å². The third-order valence-corrected chi connectivity index (χ3v) is 2.89. The molecule has 20 heavy (non-hydrogen) atoms. The lowest BCUT2D eigenvalue weighted by Crippen LogP contribution is -2.30. The van der Waals surface area contributed by atoms with Crippen molar-refractivity contribution in [1.29, 1.82) is 0 Å². The molecule has 0 fully saturated rings. The Morgan fingerprint density at radius 2 is 2.10 bits per heavy atom. The summed E-state index contributed by atoms with van der Waals surface area (Å²) in [4.78, 5) is 11.5. The number of nitrogens with one attached hydrogen (secondary N) is 2. The first-order valence-corrected chi connectivity index (χ1v) is 6.43. The molecule has 0 saturated heterocycles. The number of hydrogen-bond donors (Lipinski definition) is 3. The van der Waals surface area contributed by atoms with Crippen LogP contribution in [0.4, 0.5) is 0 Å². The van der Waals surface area contributed by atoms with Gasteiger partial charge in [0.25, 0.3) is 0 Å². The maximum Gasteiger partial charge on any atom is 0.221 e. The number of methoxy groups -OCH3 is 2. The quantitative estimate of drug-likeness (QED) is 0.645. The normalized spacial score (nSPS) is 11.8. The molecule has 112 valence electrons. The van der Waals surface area contributed by atoms with Gasteiger partial charge >= 0.3 is 0 Å². The van der Waals surface area contributed by atoms with Crippen molar-refractivity contribution in [2.45, 2.75) is 12.5 Å². The minimum absolute atomic E-state index is 0.111. The van der Waals surface area contributed by atoms with E-state index < -0.39 is 6.10 Å². The lowest BCUT2D eigenvalue weighted by molar-refractivity contribution is -0.121. The Bertz CT molecular complexity index is 437. The second-order valence-electron chi connectivity index (χ2n) is 4.28. The van der Waals surface area contributed by atoms with Crippen molar-refractivity contribution >= 4 is 5.91 Å². The summed E-state index contributed by atoms with van der Waals surface area (Å²) in [5.41, 5.74) is 0.584. The Labute approximate surface area is 119 Å². The molecule has 0 bridgehead atoms. The SMILES string of the molecule is CNCCC(=O)NCC(O)c1cc(OC)ccc1OC. The van der Waals surface area contributed by atoms with Gasteiger partial charge in [-0.15, -0.1) is 0 Å². The lowest BCUT2D eigenvalue weighted by atomic mass is 10.1. The first-order valence-electron chi connectivity index (χ1n) is 6.43. The molecule has 6 heteroatoms. The number of ether oxygens (including phenoxy) is 2. The van der Waals surface area contributed by atoms with Crippen molar-refractivity contribution in [3.05, 3.63) is 23.8 Å². The highest BCUT2D eigenvalue weighted by Gasteiger charge is 2.15. The van der Waals surface area contributed by atoms with Gasteiger partial charge in [-0.05, 0) is 25.2 Å². The monoisotopic (exact) mass is 282 g/mol. The number of hydrogen-bond acceptors (Lipinski definition) is 5. The first kappa shape index (κ1) is 16.3. The van der Waals surface area contributed by atoms with Crippen LogP contribution in [-0.2, 0) is 4.79 Å². The highest BCUT2D eigenvalue weighted by Crippen LogP contribution is 2.28. The van der Waals surface area contributed by atoms with E-state index in [1.54, 1.807) is 32.4 Å². The maximum absolute atomic E-state index is 11.5. The van der Waals surface area contributed by atoms with Gasteiger partial charge in [-0.1, -0.05) is 0 Å². The molecule has 1 aromatic rings. The van der Waals surface area contributed by atoms with Crippen LogP contribution in [0, 0.1) is 0 Å². The molecular weight excluding hydrogens is 260 g/mol. The second-order valence-corrected chi connectivity index (χ2v) is 4.28. The van der Waals surface area contributed by atoms with Crippen LogP contribution >= 0.6 is 0 Å². The van der Waals surface area contributed by atoms with Gasteiger partial charge in [-0.3, -0.25) is 4.79 Å². The molecular formula is C14H22N2O4. The topological polar surface area (TPSA) is 79.8 Å². The van der Waals surface area contributed by atoms with E-state index >= 15 is 0 Å². The van der Waals surface area contributed by atoms with E-state index in [9.17, 15) is 9.90 Å². The molecule has 0 aliphatic heterocycles. The fourth-order valence-electron chi connectivity index (χ4n) is 1.75. The number of rotatable bonds is 8. The van der Waals surface area contributed by atoms with Crippen LogP contribution in [0.15, 0.2) is 18.2 Å². The van der Waals surface area contributed by atoms with Gasteiger partial charge in [-0.2, -0.15) is 0 Å². The minimum Gasteiger partial charge on any atom is -0.497 e. The van der Waals surface area contributed by atoms with Crippen LogP contribution in [0.5, 0.6) is 11.5 Å². The van der Waals surface area contributed by atoms with Crippen LogP contribution < -0.4 is 20.1 Å². The van der Waals surface area contributed by atoms with Crippen LogP contribution in [-0.4, -0.2) is 45.4 Å². The van der Waals surface area contributed by atoms with E-state index in [1.807, 2.05) is 0 Å². The first-order chi connectivity index (χ1) is 9.62. The number of aliphatic hydroxyl groups is 1. The number of aliphatic hydroxyl groups excluding tert-OH is 1. The molecule has 0 radical (unpaired) electrons. The van der Waals surface area contributed by atoms with Gasteiger partial charge in [0, 0.05) is 25.1 Å². The summed E-state index contributed by atoms with van der Waals surface area (Å²) in [6.45, 7) is 0.733. The highest BCUT2D eigenvalue weighted by molar-refractivity contribution is 5.76. The fraction of sp³-hybridized carbons (Fsp3) is 0.500. The predicted molar refractivity (Wildman–Crippen MR) is 76.1 cm³/mol. The van der Waals surface area contributed by atoms with Crippen LogP contribution in [0.25, 0.3) is 0 Å². The zero-order valence-electron chi connectivity index (χ0n) is 12.1. The Kier molecular flexibility index (Phi) is 6.83. The van der Waals surface area contributed by atoms with E-state index in [0.717, 1.165) is 0 Å². The van der Waals surface area contributed by atoms with Crippen LogP contribution in [0.3, 0.4) is 0 Å². The second kappa shape index (κ2) is 8.39. The smallest absolute Gasteiger partial charge is 0.221 e. The predicted octanol–water partition coefficient (Wildman–Crippen LogP) is 0.463. The Morgan fingerprint density at radius 3 is 2.70 bits per heavy atom. The summed E-state index contributed by atoms with van der Waals surface area (Å²) in [6, 6.07) is 5.17. The van der Waals surface area contributed by atoms with Crippen molar-refractivity contribution in [1.82, 2.24) is 10.6 Å². The van der Waals surface area contributed by atoms with Crippen molar-refractivity contribution in [2.24, 2.45) is 0 Å². The largest absolute Gasteiger partial charge is 0.497 e. The van der Waals surface area contributed by atoms with Gasteiger partial charge in [0.1, 0.15) is 11.5 Å². The summed E-state index contributed by atoms with van der Waals surface area (Å²) < 4.78 is 10.3. The average Bonchev–Trinajstić information content (AvgIpc) is 2.49. The highest BCUT2D eigenvalue weighted by atomic mass is 16.5. The van der Waals surface area contributed by atoms with Gasteiger partial charge in [0.15, 0.2) is 0 Å². The third kappa shape index (κ3) is 4.71. The molecule has 0 aliphatic carbocycles. The lowest BCUT2D eigenvalue weighted by Gasteiger charge is -2.16. The molecule has 0 heterocycles. The standard InChI is InChI=1S/C14H22N2O4/c1-15-7-6-14(18)16-9-12(17)11-8-10(19-2)4-5-13(11)20-3/h4-5,8,12,15,17H,6-7,9H2,1-3H3,(H,16,18). The summed E-state index contributed by atoms with van der Waals surface area (Å²) in [7, 11) is 4.87. The molecule has 1 rings (SSSR count). The zero-order chi connectivity index (χ0) is 15.0. The van der Waals surface area contributed by atoms with Crippen molar-refractivity contribution in [3.8, 4) is 11.5 Å². The third-order valence-electron chi connectivity index (χ3n) is 2.89. The molecule has 1 aromatic carbocycles. The molecule has 1 amide bonds. The molecule has 0 spiro atoms. The van der Waals surface area contributed by atoms with E-state index in [-0.39, 0.29) is 12.5 Å².